The van der Waals surface area contributed by atoms with Crippen molar-refractivity contribution < 1.29 is 9.90 Å². The van der Waals surface area contributed by atoms with E-state index in [0.29, 0.717) is 5.69 Å². The molecule has 0 heterocycles. The standard InChI is InChI=1S/C14H19ClN2O2/c1-17(12-9-5-8-11(15)13(12)18)14(19)16-10-6-3-2-4-7-10/h5,8-10,18H,2-4,6-7H2,1H3,(H,16,19). The molecule has 5 heteroatoms. The van der Waals surface area contributed by atoms with Gasteiger partial charge in [-0.05, 0) is 25.0 Å². The number of anilines is 1. The highest BCUT2D eigenvalue weighted by Gasteiger charge is 2.20. The zero-order valence-electron chi connectivity index (χ0n) is 11.0. The normalized spacial score (nSPS) is 16.1. The van der Waals surface area contributed by atoms with Crippen molar-refractivity contribution in [3.8, 4) is 5.75 Å². The number of para-hydroxylation sites is 1. The Labute approximate surface area is 118 Å². The molecule has 0 bridgehead atoms. The quantitative estimate of drug-likeness (QED) is 0.872. The fraction of sp³-hybridized carbons (Fsp3) is 0.500. The van der Waals surface area contributed by atoms with Crippen LogP contribution in [0.15, 0.2) is 18.2 Å². The van der Waals surface area contributed by atoms with Crippen LogP contribution in [0.4, 0.5) is 10.5 Å². The summed E-state index contributed by atoms with van der Waals surface area (Å²) in [5.41, 5.74) is 0.417. The Bertz CT molecular complexity index is 459. The summed E-state index contributed by atoms with van der Waals surface area (Å²) in [4.78, 5) is 13.5. The van der Waals surface area contributed by atoms with E-state index in [0.717, 1.165) is 25.7 Å². The Morgan fingerprint density at radius 2 is 2.05 bits per heavy atom. The fourth-order valence-corrected chi connectivity index (χ4v) is 2.57. The highest BCUT2D eigenvalue weighted by Crippen LogP contribution is 2.33. The van der Waals surface area contributed by atoms with Crippen LogP contribution in [0.5, 0.6) is 5.75 Å². The number of carbonyl (C=O) groups excluding carboxylic acids is 1. The van der Waals surface area contributed by atoms with Crippen molar-refractivity contribution >= 4 is 23.3 Å². The molecular formula is C14H19ClN2O2. The highest BCUT2D eigenvalue weighted by molar-refractivity contribution is 6.32. The van der Waals surface area contributed by atoms with E-state index in [9.17, 15) is 9.90 Å². The average Bonchev–Trinajstić information content (AvgIpc) is 2.42. The molecule has 0 unspecified atom stereocenters. The Morgan fingerprint density at radius 3 is 2.74 bits per heavy atom. The van der Waals surface area contributed by atoms with Gasteiger partial charge in [0.25, 0.3) is 0 Å². The number of urea groups is 1. The van der Waals surface area contributed by atoms with Crippen LogP contribution in [0.3, 0.4) is 0 Å². The molecule has 2 N–H and O–H groups in total. The lowest BCUT2D eigenvalue weighted by Gasteiger charge is -2.26. The van der Waals surface area contributed by atoms with E-state index in [1.54, 1.807) is 25.2 Å². The Kier molecular flexibility index (Phi) is 4.53. The van der Waals surface area contributed by atoms with Gasteiger partial charge in [-0.1, -0.05) is 36.9 Å². The van der Waals surface area contributed by atoms with E-state index >= 15 is 0 Å². The lowest BCUT2D eigenvalue weighted by atomic mass is 9.96. The second-order valence-electron chi connectivity index (χ2n) is 4.95. The summed E-state index contributed by atoms with van der Waals surface area (Å²) in [6.45, 7) is 0. The first-order valence-electron chi connectivity index (χ1n) is 6.61. The van der Waals surface area contributed by atoms with Crippen LogP contribution >= 0.6 is 11.6 Å². The van der Waals surface area contributed by atoms with Crippen molar-refractivity contribution in [3.63, 3.8) is 0 Å². The Morgan fingerprint density at radius 1 is 1.37 bits per heavy atom. The predicted octanol–water partition coefficient (Wildman–Crippen LogP) is 3.52. The van der Waals surface area contributed by atoms with Gasteiger partial charge in [0.2, 0.25) is 0 Å². The van der Waals surface area contributed by atoms with Gasteiger partial charge in [-0.25, -0.2) is 4.79 Å². The molecule has 1 aliphatic carbocycles. The van der Waals surface area contributed by atoms with Crippen LogP contribution in [-0.4, -0.2) is 24.2 Å². The molecule has 1 aromatic rings. The van der Waals surface area contributed by atoms with E-state index in [4.69, 9.17) is 11.6 Å². The van der Waals surface area contributed by atoms with Crippen LogP contribution in [0.2, 0.25) is 5.02 Å². The Hall–Kier alpha value is -1.42. The van der Waals surface area contributed by atoms with Crippen molar-refractivity contribution in [1.82, 2.24) is 5.32 Å². The molecule has 1 aliphatic rings. The molecule has 0 radical (unpaired) electrons. The number of hydrogen-bond donors (Lipinski definition) is 2. The third-order valence-corrected chi connectivity index (χ3v) is 3.87. The number of aromatic hydroxyl groups is 1. The third-order valence-electron chi connectivity index (χ3n) is 3.56. The van der Waals surface area contributed by atoms with Crippen molar-refractivity contribution in [2.24, 2.45) is 0 Å². The number of phenolic OH excluding ortho intramolecular Hbond substituents is 1. The van der Waals surface area contributed by atoms with Crippen LogP contribution in [0.1, 0.15) is 32.1 Å². The van der Waals surface area contributed by atoms with Gasteiger partial charge in [-0.15, -0.1) is 0 Å². The van der Waals surface area contributed by atoms with Gasteiger partial charge in [0, 0.05) is 13.1 Å². The molecule has 19 heavy (non-hydrogen) atoms. The molecule has 2 rings (SSSR count). The van der Waals surface area contributed by atoms with Gasteiger partial charge in [0.1, 0.15) is 0 Å². The third kappa shape index (κ3) is 3.32. The number of rotatable bonds is 2. The van der Waals surface area contributed by atoms with Crippen molar-refractivity contribution in [1.29, 1.82) is 0 Å². The molecule has 0 aliphatic heterocycles. The second-order valence-corrected chi connectivity index (χ2v) is 5.36. The summed E-state index contributed by atoms with van der Waals surface area (Å²) in [7, 11) is 1.63. The number of nitrogens with one attached hydrogen (secondary N) is 1. The molecule has 1 aromatic carbocycles. The number of phenols is 1. The SMILES string of the molecule is CN(C(=O)NC1CCCCC1)c1cccc(Cl)c1O. The maximum absolute atomic E-state index is 12.1. The molecule has 4 nitrogen and oxygen atoms in total. The van der Waals surface area contributed by atoms with Crippen molar-refractivity contribution in [3.05, 3.63) is 23.2 Å². The molecule has 1 fully saturated rings. The monoisotopic (exact) mass is 282 g/mol. The van der Waals surface area contributed by atoms with E-state index < -0.39 is 0 Å². The maximum atomic E-state index is 12.1. The van der Waals surface area contributed by atoms with Gasteiger partial charge >= 0.3 is 6.03 Å². The number of halogens is 1. The molecule has 1 saturated carbocycles. The molecule has 104 valence electrons. The van der Waals surface area contributed by atoms with E-state index in [1.165, 1.54) is 11.3 Å². The van der Waals surface area contributed by atoms with Gasteiger partial charge in [-0.2, -0.15) is 0 Å². The lowest BCUT2D eigenvalue weighted by Crippen LogP contribution is -2.44. The minimum Gasteiger partial charge on any atom is -0.504 e. The molecule has 0 spiro atoms. The smallest absolute Gasteiger partial charge is 0.321 e. The number of benzene rings is 1. The first kappa shape index (κ1) is 14.0. The first-order chi connectivity index (χ1) is 9.09. The molecule has 0 atom stereocenters. The number of amides is 2. The van der Waals surface area contributed by atoms with E-state index in [2.05, 4.69) is 5.32 Å². The summed E-state index contributed by atoms with van der Waals surface area (Å²) in [6.07, 6.45) is 5.63. The fourth-order valence-electron chi connectivity index (χ4n) is 2.40. The van der Waals surface area contributed by atoms with E-state index in [-0.39, 0.29) is 22.8 Å². The van der Waals surface area contributed by atoms with Crippen LogP contribution in [-0.2, 0) is 0 Å². The largest absolute Gasteiger partial charge is 0.504 e. The van der Waals surface area contributed by atoms with Gasteiger partial charge < -0.3 is 10.4 Å². The first-order valence-corrected chi connectivity index (χ1v) is 6.99. The molecule has 0 aromatic heterocycles. The Balaban J connectivity index is 2.03. The highest BCUT2D eigenvalue weighted by atomic mass is 35.5. The van der Waals surface area contributed by atoms with Crippen LogP contribution in [0, 0.1) is 0 Å². The van der Waals surface area contributed by atoms with Gasteiger partial charge in [0.05, 0.1) is 10.7 Å². The summed E-state index contributed by atoms with van der Waals surface area (Å²) in [5.74, 6) is -0.0644. The second kappa shape index (κ2) is 6.15. The molecular weight excluding hydrogens is 264 g/mol. The predicted molar refractivity (Wildman–Crippen MR) is 76.9 cm³/mol. The molecule has 2 amide bonds. The number of hydrogen-bond acceptors (Lipinski definition) is 2. The topological polar surface area (TPSA) is 52.6 Å². The van der Waals surface area contributed by atoms with Crippen molar-refractivity contribution in [2.45, 2.75) is 38.1 Å². The van der Waals surface area contributed by atoms with Gasteiger partial charge in [-0.3, -0.25) is 4.90 Å². The van der Waals surface area contributed by atoms with Gasteiger partial charge in [0.15, 0.2) is 5.75 Å². The zero-order chi connectivity index (χ0) is 13.8. The molecule has 0 saturated heterocycles. The minimum absolute atomic E-state index is 0.0644. The maximum Gasteiger partial charge on any atom is 0.321 e. The average molecular weight is 283 g/mol. The van der Waals surface area contributed by atoms with Crippen LogP contribution < -0.4 is 10.2 Å². The summed E-state index contributed by atoms with van der Waals surface area (Å²) in [5, 5.41) is 13.1. The van der Waals surface area contributed by atoms with Crippen LogP contribution in [0.25, 0.3) is 0 Å². The number of nitrogens with zero attached hydrogens (tertiary/aromatic N) is 1. The lowest BCUT2D eigenvalue weighted by molar-refractivity contribution is 0.239. The zero-order valence-corrected chi connectivity index (χ0v) is 11.8. The summed E-state index contributed by atoms with van der Waals surface area (Å²) >= 11 is 5.85. The summed E-state index contributed by atoms with van der Waals surface area (Å²) < 4.78 is 0. The minimum atomic E-state index is -0.204. The van der Waals surface area contributed by atoms with Crippen molar-refractivity contribution in [2.75, 3.05) is 11.9 Å². The van der Waals surface area contributed by atoms with E-state index in [1.807, 2.05) is 0 Å². The number of carbonyl (C=O) groups is 1. The summed E-state index contributed by atoms with van der Waals surface area (Å²) in [6, 6.07) is 5.01.